The molecule has 0 fully saturated rings. The maximum atomic E-state index is 12.7. The monoisotopic (exact) mass is 506 g/mol. The van der Waals surface area contributed by atoms with Gasteiger partial charge in [-0.2, -0.15) is 16.8 Å². The number of thiazole rings is 1. The van der Waals surface area contributed by atoms with Crippen molar-refractivity contribution in [3.8, 4) is 0 Å². The van der Waals surface area contributed by atoms with Crippen molar-refractivity contribution in [2.24, 2.45) is 4.99 Å². The minimum Gasteiger partial charge on any atom is -0.465 e. The third-order valence-electron chi connectivity index (χ3n) is 5.07. The molecule has 0 aliphatic rings. The van der Waals surface area contributed by atoms with Crippen molar-refractivity contribution in [2.45, 2.75) is 37.0 Å². The Morgan fingerprint density at radius 3 is 2.45 bits per heavy atom. The number of rotatable bonds is 8. The average Bonchev–Trinajstić information content (AvgIpc) is 3.13. The number of ether oxygens (including phenoxy) is 1. The molecule has 33 heavy (non-hydrogen) atoms. The summed E-state index contributed by atoms with van der Waals surface area (Å²) in [7, 11) is -2.02. The third-order valence-corrected chi connectivity index (χ3v) is 8.87. The highest BCUT2D eigenvalue weighted by Crippen LogP contribution is 2.21. The molecule has 176 valence electrons. The molecule has 7 nitrogen and oxygen atoms in total. The highest BCUT2D eigenvalue weighted by atomic mass is 32.2. The molecule has 0 atom stereocenters. The molecule has 1 amide bonds. The molecule has 0 bridgehead atoms. The molecular formula is C23H26N2O5S3. The number of nitrogens with zero attached hydrogens (tertiary/aromatic N) is 2. The minimum atomic E-state index is -3.36. The summed E-state index contributed by atoms with van der Waals surface area (Å²) in [5, 5.41) is -0.510. The fraction of sp³-hybridized carbons (Fsp3) is 0.348. The standard InChI is InChI=1S/C23H26N2O5S3/c1-15(2)33(28,29)18-8-5-16(6-9-18)13-21(26)24-23-25(11-12-31-4)19-10-7-17(22(27)30-3)14-20(19)32-23/h5-10,14-15H,11-13H2,1-4H3. The van der Waals surface area contributed by atoms with Gasteiger partial charge < -0.3 is 9.30 Å². The lowest BCUT2D eigenvalue weighted by atomic mass is 10.1. The minimum absolute atomic E-state index is 0.0617. The van der Waals surface area contributed by atoms with Crippen LogP contribution in [0.15, 0.2) is 52.4 Å². The Morgan fingerprint density at radius 1 is 1.15 bits per heavy atom. The molecule has 0 saturated carbocycles. The van der Waals surface area contributed by atoms with E-state index in [-0.39, 0.29) is 17.2 Å². The molecule has 3 aromatic rings. The zero-order valence-corrected chi connectivity index (χ0v) is 21.4. The van der Waals surface area contributed by atoms with Crippen LogP contribution in [0.2, 0.25) is 0 Å². The highest BCUT2D eigenvalue weighted by Gasteiger charge is 2.19. The van der Waals surface area contributed by atoms with Gasteiger partial charge in [0.25, 0.3) is 5.91 Å². The third kappa shape index (κ3) is 5.74. The van der Waals surface area contributed by atoms with Crippen LogP contribution in [0.1, 0.15) is 29.8 Å². The van der Waals surface area contributed by atoms with E-state index in [1.54, 1.807) is 49.9 Å². The number of hydrogen-bond acceptors (Lipinski definition) is 7. The first-order valence-corrected chi connectivity index (χ1v) is 14.0. The van der Waals surface area contributed by atoms with Gasteiger partial charge in [-0.05, 0) is 56.0 Å². The fourth-order valence-corrected chi connectivity index (χ4v) is 5.73. The molecule has 0 aliphatic heterocycles. The van der Waals surface area contributed by atoms with Crippen molar-refractivity contribution >= 4 is 55.0 Å². The number of amides is 1. The number of esters is 1. The molecule has 2 aromatic carbocycles. The van der Waals surface area contributed by atoms with Crippen LogP contribution < -0.4 is 4.80 Å². The van der Waals surface area contributed by atoms with E-state index in [1.165, 1.54) is 30.6 Å². The molecular weight excluding hydrogens is 480 g/mol. The first kappa shape index (κ1) is 25.2. The van der Waals surface area contributed by atoms with Gasteiger partial charge in [0.1, 0.15) is 0 Å². The van der Waals surface area contributed by atoms with Gasteiger partial charge in [0.15, 0.2) is 14.6 Å². The second kappa shape index (κ2) is 10.7. The molecule has 1 aromatic heterocycles. The lowest BCUT2D eigenvalue weighted by molar-refractivity contribution is -0.117. The molecule has 1 heterocycles. The van der Waals surface area contributed by atoms with Crippen LogP contribution in [-0.2, 0) is 32.3 Å². The normalized spacial score (nSPS) is 12.5. The van der Waals surface area contributed by atoms with Crippen molar-refractivity contribution in [3.63, 3.8) is 0 Å². The summed E-state index contributed by atoms with van der Waals surface area (Å²) in [4.78, 5) is 29.7. The molecule has 0 N–H and O–H groups in total. The topological polar surface area (TPSA) is 94.8 Å². The van der Waals surface area contributed by atoms with Crippen molar-refractivity contribution in [1.82, 2.24) is 4.57 Å². The number of hydrogen-bond donors (Lipinski definition) is 0. The van der Waals surface area contributed by atoms with Gasteiger partial charge in [0.2, 0.25) is 0 Å². The van der Waals surface area contributed by atoms with E-state index in [0.29, 0.717) is 22.5 Å². The Balaban J connectivity index is 1.92. The van der Waals surface area contributed by atoms with Gasteiger partial charge in [-0.1, -0.05) is 23.5 Å². The second-order valence-electron chi connectivity index (χ2n) is 7.62. The van der Waals surface area contributed by atoms with Crippen LogP contribution in [0.3, 0.4) is 0 Å². The molecule has 0 spiro atoms. The number of carbonyl (C=O) groups excluding carboxylic acids is 2. The van der Waals surface area contributed by atoms with E-state index in [4.69, 9.17) is 4.74 Å². The molecule has 3 rings (SSSR count). The van der Waals surface area contributed by atoms with Crippen LogP contribution in [-0.4, -0.2) is 49.2 Å². The maximum Gasteiger partial charge on any atom is 0.337 e. The number of benzene rings is 2. The van der Waals surface area contributed by atoms with Gasteiger partial charge in [0, 0.05) is 12.3 Å². The Labute approximate surface area is 201 Å². The molecule has 0 radical (unpaired) electrons. The number of carbonyl (C=O) groups is 2. The van der Waals surface area contributed by atoms with Crippen LogP contribution >= 0.6 is 23.1 Å². The number of methoxy groups -OCH3 is 1. The lowest BCUT2D eigenvalue weighted by Crippen LogP contribution is -2.18. The quantitative estimate of drug-likeness (QED) is 0.433. The number of sulfone groups is 1. The Hall–Kier alpha value is -2.43. The van der Waals surface area contributed by atoms with Crippen molar-refractivity contribution in [2.75, 3.05) is 19.1 Å². The summed E-state index contributed by atoms with van der Waals surface area (Å²) >= 11 is 3.03. The second-order valence-corrected chi connectivity index (χ2v) is 12.1. The first-order valence-electron chi connectivity index (χ1n) is 10.3. The van der Waals surface area contributed by atoms with E-state index in [1.807, 2.05) is 16.9 Å². The van der Waals surface area contributed by atoms with Crippen LogP contribution in [0, 0.1) is 0 Å². The summed E-state index contributed by atoms with van der Waals surface area (Å²) in [6.07, 6.45) is 2.07. The number of thioether (sulfide) groups is 1. The summed E-state index contributed by atoms with van der Waals surface area (Å²) in [6.45, 7) is 3.95. The zero-order valence-electron chi connectivity index (χ0n) is 18.9. The van der Waals surface area contributed by atoms with E-state index < -0.39 is 21.1 Å². The first-order chi connectivity index (χ1) is 15.7. The molecule has 0 saturated heterocycles. The SMILES string of the molecule is COC(=O)c1ccc2c(c1)sc(=NC(=O)Cc1ccc(S(=O)(=O)C(C)C)cc1)n2CCSC. The fourth-order valence-electron chi connectivity index (χ4n) is 3.19. The van der Waals surface area contributed by atoms with Crippen molar-refractivity contribution in [3.05, 3.63) is 58.4 Å². The summed E-state index contributed by atoms with van der Waals surface area (Å²) < 4.78 is 32.2. The van der Waals surface area contributed by atoms with Gasteiger partial charge in [-0.25, -0.2) is 13.2 Å². The predicted molar refractivity (Wildman–Crippen MR) is 133 cm³/mol. The van der Waals surface area contributed by atoms with Gasteiger partial charge in [0.05, 0.1) is 39.5 Å². The Morgan fingerprint density at radius 2 is 1.85 bits per heavy atom. The van der Waals surface area contributed by atoms with Gasteiger partial charge >= 0.3 is 5.97 Å². The summed E-state index contributed by atoms with van der Waals surface area (Å²) in [5.41, 5.74) is 2.03. The van der Waals surface area contributed by atoms with Crippen LogP contribution in [0.4, 0.5) is 0 Å². The Kier molecular flexibility index (Phi) is 8.14. The zero-order chi connectivity index (χ0) is 24.2. The van der Waals surface area contributed by atoms with Crippen molar-refractivity contribution < 1.29 is 22.7 Å². The predicted octanol–water partition coefficient (Wildman–Crippen LogP) is 3.70. The van der Waals surface area contributed by atoms with Crippen LogP contribution in [0.25, 0.3) is 10.2 Å². The van der Waals surface area contributed by atoms with E-state index in [9.17, 15) is 18.0 Å². The molecule has 0 aliphatic carbocycles. The number of aryl methyl sites for hydroxylation is 1. The van der Waals surface area contributed by atoms with Crippen LogP contribution in [0.5, 0.6) is 0 Å². The molecule has 10 heteroatoms. The molecule has 0 unspecified atom stereocenters. The summed E-state index contributed by atoms with van der Waals surface area (Å²) in [6, 6.07) is 11.7. The lowest BCUT2D eigenvalue weighted by Gasteiger charge is -2.08. The van der Waals surface area contributed by atoms with Gasteiger partial charge in [-0.15, -0.1) is 0 Å². The van der Waals surface area contributed by atoms with E-state index in [0.717, 1.165) is 16.0 Å². The largest absolute Gasteiger partial charge is 0.465 e. The maximum absolute atomic E-state index is 12.7. The number of fused-ring (bicyclic) bond motifs is 1. The average molecular weight is 507 g/mol. The van der Waals surface area contributed by atoms with E-state index >= 15 is 0 Å². The number of aromatic nitrogens is 1. The van der Waals surface area contributed by atoms with Crippen molar-refractivity contribution in [1.29, 1.82) is 0 Å². The Bertz CT molecular complexity index is 1340. The van der Waals surface area contributed by atoms with E-state index in [2.05, 4.69) is 4.99 Å². The smallest absolute Gasteiger partial charge is 0.337 e. The summed E-state index contributed by atoms with van der Waals surface area (Å²) in [5.74, 6) is 0.100. The highest BCUT2D eigenvalue weighted by molar-refractivity contribution is 7.98. The van der Waals surface area contributed by atoms with Gasteiger partial charge in [-0.3, -0.25) is 4.79 Å².